The minimum absolute atomic E-state index is 0.00472. The van der Waals surface area contributed by atoms with E-state index in [9.17, 15) is 4.79 Å². The molecule has 1 atom stereocenters. The molecule has 0 aliphatic rings. The van der Waals surface area contributed by atoms with Gasteiger partial charge in [-0.05, 0) is 38.8 Å². The molecule has 0 fully saturated rings. The number of amides is 1. The first kappa shape index (κ1) is 15.2. The molecule has 0 radical (unpaired) electrons. The third-order valence-corrected chi connectivity index (χ3v) is 2.36. The van der Waals surface area contributed by atoms with Crippen LogP contribution in [-0.2, 0) is 4.79 Å². The average Bonchev–Trinajstić information content (AvgIpc) is 2.27. The van der Waals surface area contributed by atoms with E-state index in [4.69, 9.17) is 4.74 Å². The summed E-state index contributed by atoms with van der Waals surface area (Å²) in [7, 11) is 0. The van der Waals surface area contributed by atoms with Crippen molar-refractivity contribution in [2.45, 2.75) is 46.3 Å². The van der Waals surface area contributed by atoms with Gasteiger partial charge in [-0.15, -0.1) is 0 Å². The molecule has 4 nitrogen and oxygen atoms in total. The fraction of sp³-hybridized carbons (Fsp3) is 0.467. The molecule has 0 aromatic carbocycles. The summed E-state index contributed by atoms with van der Waals surface area (Å²) in [6, 6.07) is 2.09. The molecule has 1 aromatic rings. The van der Waals surface area contributed by atoms with E-state index in [-0.39, 0.29) is 18.1 Å². The van der Waals surface area contributed by atoms with Crippen molar-refractivity contribution in [2.24, 2.45) is 0 Å². The zero-order valence-electron chi connectivity index (χ0n) is 12.0. The molecule has 19 heavy (non-hydrogen) atoms. The smallest absolute Gasteiger partial charge is 0.217 e. The number of pyridine rings is 1. The van der Waals surface area contributed by atoms with Crippen molar-refractivity contribution >= 4 is 12.0 Å². The summed E-state index contributed by atoms with van der Waals surface area (Å²) in [5.41, 5.74) is 0.994. The molecule has 4 heteroatoms. The van der Waals surface area contributed by atoms with Gasteiger partial charge in [0.15, 0.2) is 0 Å². The van der Waals surface area contributed by atoms with Crippen LogP contribution in [0.1, 0.15) is 39.7 Å². The van der Waals surface area contributed by atoms with E-state index in [1.54, 1.807) is 12.4 Å². The van der Waals surface area contributed by atoms with Crippen LogP contribution in [0.3, 0.4) is 0 Å². The molecule has 1 rings (SSSR count). The van der Waals surface area contributed by atoms with Crippen LogP contribution in [0, 0.1) is 0 Å². The molecule has 1 heterocycles. The summed E-state index contributed by atoms with van der Waals surface area (Å²) < 4.78 is 5.58. The molecule has 1 aromatic heterocycles. The zero-order valence-corrected chi connectivity index (χ0v) is 12.0. The number of hydrogen-bond acceptors (Lipinski definition) is 3. The number of rotatable bonds is 6. The van der Waals surface area contributed by atoms with E-state index < -0.39 is 0 Å². The summed E-state index contributed by atoms with van der Waals surface area (Å²) >= 11 is 0. The number of carbonyl (C=O) groups excluding carboxylic acids is 1. The summed E-state index contributed by atoms with van der Waals surface area (Å²) in [4.78, 5) is 15.0. The number of ether oxygens (including phenoxy) is 1. The zero-order chi connectivity index (χ0) is 14.3. The van der Waals surface area contributed by atoms with Crippen LogP contribution in [-0.4, -0.2) is 23.0 Å². The van der Waals surface area contributed by atoms with Gasteiger partial charge in [-0.1, -0.05) is 12.2 Å². The Hall–Kier alpha value is -1.84. The highest BCUT2D eigenvalue weighted by atomic mass is 16.5. The fourth-order valence-corrected chi connectivity index (χ4v) is 1.68. The van der Waals surface area contributed by atoms with Crippen molar-refractivity contribution < 1.29 is 9.53 Å². The standard InChI is InChI=1S/C15H22N2O2/c1-11(2)19-15-8-14(9-16-10-15)7-5-6-12(3)17-13(4)18/h5,7-12H,6H2,1-4H3,(H,17,18)/b7-5+. The predicted octanol–water partition coefficient (Wildman–Crippen LogP) is 2.80. The molecule has 1 unspecified atom stereocenters. The Bertz CT molecular complexity index is 442. The first-order chi connectivity index (χ1) is 8.97. The van der Waals surface area contributed by atoms with Crippen LogP contribution < -0.4 is 10.1 Å². The van der Waals surface area contributed by atoms with Crippen LogP contribution in [0.25, 0.3) is 6.08 Å². The lowest BCUT2D eigenvalue weighted by molar-refractivity contribution is -0.119. The maximum atomic E-state index is 10.9. The second-order valence-electron chi connectivity index (χ2n) is 4.86. The van der Waals surface area contributed by atoms with Gasteiger partial charge in [0.2, 0.25) is 5.91 Å². The van der Waals surface area contributed by atoms with Crippen molar-refractivity contribution in [3.63, 3.8) is 0 Å². The molecule has 0 saturated carbocycles. The van der Waals surface area contributed by atoms with Crippen LogP contribution >= 0.6 is 0 Å². The van der Waals surface area contributed by atoms with Crippen LogP contribution in [0.4, 0.5) is 0 Å². The minimum atomic E-state index is -0.00472. The summed E-state index contributed by atoms with van der Waals surface area (Å²) in [5.74, 6) is 0.766. The largest absolute Gasteiger partial charge is 0.489 e. The molecule has 0 aliphatic carbocycles. The van der Waals surface area contributed by atoms with Crippen LogP contribution in [0.2, 0.25) is 0 Å². The van der Waals surface area contributed by atoms with E-state index in [0.717, 1.165) is 17.7 Å². The van der Waals surface area contributed by atoms with Crippen LogP contribution in [0.5, 0.6) is 5.75 Å². The summed E-state index contributed by atoms with van der Waals surface area (Å²) in [6.45, 7) is 7.47. The maximum absolute atomic E-state index is 10.9. The van der Waals surface area contributed by atoms with Gasteiger partial charge < -0.3 is 10.1 Å². The predicted molar refractivity (Wildman–Crippen MR) is 76.9 cm³/mol. The van der Waals surface area contributed by atoms with E-state index >= 15 is 0 Å². The average molecular weight is 262 g/mol. The second kappa shape index (κ2) is 7.56. The fourth-order valence-electron chi connectivity index (χ4n) is 1.68. The van der Waals surface area contributed by atoms with Crippen molar-refractivity contribution in [3.8, 4) is 5.75 Å². The van der Waals surface area contributed by atoms with Gasteiger partial charge in [-0.25, -0.2) is 0 Å². The molecule has 104 valence electrons. The second-order valence-corrected chi connectivity index (χ2v) is 4.86. The summed E-state index contributed by atoms with van der Waals surface area (Å²) in [6.07, 6.45) is 8.43. The van der Waals surface area contributed by atoms with Crippen LogP contribution in [0.15, 0.2) is 24.5 Å². The number of aromatic nitrogens is 1. The normalized spacial score (nSPS) is 12.7. The van der Waals surface area contributed by atoms with Gasteiger partial charge in [0.05, 0.1) is 12.3 Å². The highest BCUT2D eigenvalue weighted by molar-refractivity contribution is 5.73. The van der Waals surface area contributed by atoms with E-state index in [1.807, 2.05) is 39.0 Å². The van der Waals surface area contributed by atoms with Gasteiger partial charge in [-0.3, -0.25) is 9.78 Å². The third kappa shape index (κ3) is 6.60. The Kier molecular flexibility index (Phi) is 6.06. The minimum Gasteiger partial charge on any atom is -0.489 e. The highest BCUT2D eigenvalue weighted by Crippen LogP contribution is 2.14. The third-order valence-electron chi connectivity index (χ3n) is 2.36. The molecular formula is C15H22N2O2. The van der Waals surface area contributed by atoms with Gasteiger partial charge in [-0.2, -0.15) is 0 Å². The summed E-state index contributed by atoms with van der Waals surface area (Å²) in [5, 5.41) is 2.84. The lowest BCUT2D eigenvalue weighted by Crippen LogP contribution is -2.29. The van der Waals surface area contributed by atoms with E-state index in [1.165, 1.54) is 6.92 Å². The van der Waals surface area contributed by atoms with Crippen molar-refractivity contribution in [1.82, 2.24) is 10.3 Å². The number of nitrogens with zero attached hydrogens (tertiary/aromatic N) is 1. The Balaban J connectivity index is 2.54. The van der Waals surface area contributed by atoms with Crippen molar-refractivity contribution in [3.05, 3.63) is 30.1 Å². The highest BCUT2D eigenvalue weighted by Gasteiger charge is 2.01. The van der Waals surface area contributed by atoms with E-state index in [2.05, 4.69) is 10.3 Å². The molecule has 0 saturated heterocycles. The Labute approximate surface area is 114 Å². The molecule has 0 spiro atoms. The Morgan fingerprint density at radius 1 is 1.42 bits per heavy atom. The molecule has 0 bridgehead atoms. The molecule has 1 amide bonds. The molecule has 1 N–H and O–H groups in total. The van der Waals surface area contributed by atoms with Gasteiger partial charge in [0.1, 0.15) is 5.75 Å². The first-order valence-corrected chi connectivity index (χ1v) is 6.52. The first-order valence-electron chi connectivity index (χ1n) is 6.52. The molecular weight excluding hydrogens is 240 g/mol. The van der Waals surface area contributed by atoms with E-state index in [0.29, 0.717) is 0 Å². The van der Waals surface area contributed by atoms with Crippen molar-refractivity contribution in [1.29, 1.82) is 0 Å². The topological polar surface area (TPSA) is 51.2 Å². The maximum Gasteiger partial charge on any atom is 0.217 e. The lowest BCUT2D eigenvalue weighted by atomic mass is 10.2. The lowest BCUT2D eigenvalue weighted by Gasteiger charge is -2.10. The van der Waals surface area contributed by atoms with Gasteiger partial charge in [0, 0.05) is 19.2 Å². The SMILES string of the molecule is CC(=O)NC(C)C/C=C/c1cncc(OC(C)C)c1. The van der Waals surface area contributed by atoms with Crippen molar-refractivity contribution in [2.75, 3.05) is 0 Å². The van der Waals surface area contributed by atoms with Gasteiger partial charge >= 0.3 is 0 Å². The quantitative estimate of drug-likeness (QED) is 0.857. The van der Waals surface area contributed by atoms with Gasteiger partial charge in [0.25, 0.3) is 0 Å². The number of hydrogen-bond donors (Lipinski definition) is 1. The monoisotopic (exact) mass is 262 g/mol. The number of nitrogens with one attached hydrogen (secondary N) is 1. The Morgan fingerprint density at radius 2 is 2.16 bits per heavy atom. The molecule has 0 aliphatic heterocycles. The Morgan fingerprint density at radius 3 is 2.79 bits per heavy atom. The number of carbonyl (C=O) groups is 1.